The Morgan fingerprint density at radius 1 is 1.09 bits per heavy atom. The van der Waals surface area contributed by atoms with Gasteiger partial charge in [0, 0.05) is 25.1 Å². The van der Waals surface area contributed by atoms with Gasteiger partial charge < -0.3 is 4.52 Å². The normalized spacial score (nSPS) is 11.5. The van der Waals surface area contributed by atoms with Crippen LogP contribution in [0.2, 0.25) is 0 Å². The van der Waals surface area contributed by atoms with Crippen molar-refractivity contribution in [1.82, 2.24) is 29.2 Å². The molecule has 10 heteroatoms. The lowest BCUT2D eigenvalue weighted by atomic mass is 10.2. The van der Waals surface area contributed by atoms with E-state index in [2.05, 4.69) is 20.1 Å². The predicted molar refractivity (Wildman–Crippen MR) is 123 cm³/mol. The van der Waals surface area contributed by atoms with E-state index < -0.39 is 5.56 Å². The lowest BCUT2D eigenvalue weighted by Crippen LogP contribution is -2.39. The fourth-order valence-corrected chi connectivity index (χ4v) is 4.15. The van der Waals surface area contributed by atoms with Crippen molar-refractivity contribution in [3.63, 3.8) is 0 Å². The van der Waals surface area contributed by atoms with E-state index in [1.807, 2.05) is 51.1 Å². The summed E-state index contributed by atoms with van der Waals surface area (Å²) in [4.78, 5) is 39.4. The molecule has 3 heterocycles. The van der Waals surface area contributed by atoms with Crippen molar-refractivity contribution in [2.24, 2.45) is 7.05 Å². The molecule has 0 saturated heterocycles. The first kappa shape index (κ1) is 21.9. The molecule has 32 heavy (non-hydrogen) atoms. The summed E-state index contributed by atoms with van der Waals surface area (Å²) in [6.45, 7) is 6.39. The number of nitrogens with zero attached hydrogens (tertiary/aromatic N) is 6. The summed E-state index contributed by atoms with van der Waals surface area (Å²) < 4.78 is 8.06. The maximum absolute atomic E-state index is 13.0. The molecule has 0 unspecified atom stereocenters. The molecule has 3 aromatic heterocycles. The molecule has 0 saturated carbocycles. The largest absolute Gasteiger partial charge is 0.338 e. The van der Waals surface area contributed by atoms with Gasteiger partial charge in [-0.1, -0.05) is 68.0 Å². The Hall–Kier alpha value is -3.27. The van der Waals surface area contributed by atoms with Gasteiger partial charge in [-0.15, -0.1) is 0 Å². The van der Waals surface area contributed by atoms with Crippen LogP contribution in [-0.4, -0.2) is 29.2 Å². The molecule has 4 aromatic rings. The quantitative estimate of drug-likeness (QED) is 0.310. The minimum Gasteiger partial charge on any atom is -0.338 e. The molecule has 9 nitrogen and oxygen atoms in total. The highest BCUT2D eigenvalue weighted by Crippen LogP contribution is 2.28. The van der Waals surface area contributed by atoms with E-state index in [0.717, 1.165) is 16.6 Å². The van der Waals surface area contributed by atoms with Crippen LogP contribution in [0.15, 0.2) is 49.5 Å². The fourth-order valence-electron chi connectivity index (χ4n) is 3.29. The summed E-state index contributed by atoms with van der Waals surface area (Å²) >= 11 is 1.32. The van der Waals surface area contributed by atoms with E-state index in [-0.39, 0.29) is 11.6 Å². The van der Waals surface area contributed by atoms with Crippen molar-refractivity contribution >= 4 is 22.8 Å². The average molecular weight is 453 g/mol. The standard InChI is InChI=1S/C22H24N6O3S/c1-5-11-28-19-16(21(29)27(4)22(28)30)20(25-17(24-19)13(2)3)32-12-15-23-18(26-31-15)14-9-7-6-8-10-14/h6-10,13H,5,11-12H2,1-4H3. The summed E-state index contributed by atoms with van der Waals surface area (Å²) in [5.41, 5.74) is 0.444. The molecule has 0 bridgehead atoms. The van der Waals surface area contributed by atoms with Crippen LogP contribution in [0.5, 0.6) is 0 Å². The molecular weight excluding hydrogens is 428 g/mol. The van der Waals surface area contributed by atoms with Gasteiger partial charge in [0.15, 0.2) is 5.65 Å². The van der Waals surface area contributed by atoms with E-state index in [1.165, 1.54) is 18.8 Å². The van der Waals surface area contributed by atoms with Gasteiger partial charge in [-0.25, -0.2) is 14.8 Å². The molecule has 0 radical (unpaired) electrons. The van der Waals surface area contributed by atoms with Crippen molar-refractivity contribution in [3.05, 3.63) is 62.9 Å². The van der Waals surface area contributed by atoms with Crippen LogP contribution in [-0.2, 0) is 19.3 Å². The molecule has 0 aliphatic rings. The zero-order valence-electron chi connectivity index (χ0n) is 18.4. The monoisotopic (exact) mass is 452 g/mol. The molecule has 0 aliphatic heterocycles. The Labute approximate surface area is 188 Å². The van der Waals surface area contributed by atoms with Crippen LogP contribution in [0.4, 0.5) is 0 Å². The lowest BCUT2D eigenvalue weighted by Gasteiger charge is -2.14. The molecule has 166 valence electrons. The van der Waals surface area contributed by atoms with Gasteiger partial charge in [-0.2, -0.15) is 4.98 Å². The second-order valence-electron chi connectivity index (χ2n) is 7.71. The maximum Gasteiger partial charge on any atom is 0.332 e. The number of hydrogen-bond donors (Lipinski definition) is 0. The molecule has 0 atom stereocenters. The number of aromatic nitrogens is 6. The molecule has 1 aromatic carbocycles. The van der Waals surface area contributed by atoms with Crippen molar-refractivity contribution in [2.45, 2.75) is 50.4 Å². The van der Waals surface area contributed by atoms with E-state index in [4.69, 9.17) is 4.52 Å². The fraction of sp³-hybridized carbons (Fsp3) is 0.364. The Morgan fingerprint density at radius 2 is 1.84 bits per heavy atom. The van der Waals surface area contributed by atoms with Gasteiger partial charge >= 0.3 is 5.69 Å². The van der Waals surface area contributed by atoms with Gasteiger partial charge in [0.1, 0.15) is 16.2 Å². The third-order valence-corrected chi connectivity index (χ3v) is 5.92. The predicted octanol–water partition coefficient (Wildman–Crippen LogP) is 3.37. The van der Waals surface area contributed by atoms with Crippen LogP contribution in [0.25, 0.3) is 22.4 Å². The highest BCUT2D eigenvalue weighted by atomic mass is 32.2. The summed E-state index contributed by atoms with van der Waals surface area (Å²) in [6, 6.07) is 9.56. The summed E-state index contributed by atoms with van der Waals surface area (Å²) in [5.74, 6) is 1.86. The Kier molecular flexibility index (Phi) is 6.22. The molecular formula is C22H24N6O3S. The lowest BCUT2D eigenvalue weighted by molar-refractivity contribution is 0.391. The minimum atomic E-state index is -0.411. The second kappa shape index (κ2) is 9.07. The van der Waals surface area contributed by atoms with Crippen LogP contribution >= 0.6 is 11.8 Å². The van der Waals surface area contributed by atoms with Crippen LogP contribution in [0.1, 0.15) is 44.8 Å². The van der Waals surface area contributed by atoms with Crippen molar-refractivity contribution in [3.8, 4) is 11.4 Å². The van der Waals surface area contributed by atoms with Crippen molar-refractivity contribution < 1.29 is 4.52 Å². The van der Waals surface area contributed by atoms with E-state index >= 15 is 0 Å². The van der Waals surface area contributed by atoms with Gasteiger partial charge in [-0.05, 0) is 6.42 Å². The first-order valence-electron chi connectivity index (χ1n) is 10.4. The van der Waals surface area contributed by atoms with Crippen molar-refractivity contribution in [2.75, 3.05) is 0 Å². The highest BCUT2D eigenvalue weighted by Gasteiger charge is 2.20. The van der Waals surface area contributed by atoms with Gasteiger partial charge in [0.05, 0.1) is 5.75 Å². The average Bonchev–Trinajstić information content (AvgIpc) is 3.28. The minimum absolute atomic E-state index is 0.0288. The Balaban J connectivity index is 1.77. The number of hydrogen-bond acceptors (Lipinski definition) is 8. The van der Waals surface area contributed by atoms with Crippen LogP contribution in [0, 0.1) is 0 Å². The number of aryl methyl sites for hydroxylation is 1. The van der Waals surface area contributed by atoms with Crippen LogP contribution in [0.3, 0.4) is 0 Å². The van der Waals surface area contributed by atoms with Gasteiger partial charge in [-0.3, -0.25) is 13.9 Å². The van der Waals surface area contributed by atoms with E-state index in [9.17, 15) is 9.59 Å². The van der Waals surface area contributed by atoms with Gasteiger partial charge in [0.2, 0.25) is 11.7 Å². The number of rotatable bonds is 7. The summed E-state index contributed by atoms with van der Waals surface area (Å²) in [7, 11) is 1.48. The van der Waals surface area contributed by atoms with E-state index in [1.54, 1.807) is 4.57 Å². The third kappa shape index (κ3) is 4.10. The first-order chi connectivity index (χ1) is 15.4. The molecule has 0 amide bonds. The molecule has 4 rings (SSSR count). The second-order valence-corrected chi connectivity index (χ2v) is 8.67. The zero-order chi connectivity index (χ0) is 22.8. The van der Waals surface area contributed by atoms with Crippen LogP contribution < -0.4 is 11.2 Å². The highest BCUT2D eigenvalue weighted by molar-refractivity contribution is 7.98. The number of benzene rings is 1. The molecule has 0 N–H and O–H groups in total. The topological polar surface area (TPSA) is 109 Å². The molecule has 0 fully saturated rings. The summed E-state index contributed by atoms with van der Waals surface area (Å²) in [5, 5.41) is 4.88. The Bertz CT molecular complexity index is 1370. The zero-order valence-corrected chi connectivity index (χ0v) is 19.2. The van der Waals surface area contributed by atoms with Gasteiger partial charge in [0.25, 0.3) is 5.56 Å². The summed E-state index contributed by atoms with van der Waals surface area (Å²) in [6.07, 6.45) is 0.737. The smallest absolute Gasteiger partial charge is 0.332 e. The third-order valence-electron chi connectivity index (χ3n) is 4.96. The first-order valence-corrected chi connectivity index (χ1v) is 11.4. The molecule has 0 aliphatic carbocycles. The van der Waals surface area contributed by atoms with Crippen molar-refractivity contribution in [1.29, 1.82) is 0 Å². The number of thioether (sulfide) groups is 1. The molecule has 0 spiro atoms. The Morgan fingerprint density at radius 3 is 2.53 bits per heavy atom. The van der Waals surface area contributed by atoms with E-state index in [0.29, 0.717) is 45.9 Å². The maximum atomic E-state index is 13.0. The number of fused-ring (bicyclic) bond motifs is 1. The SMILES string of the molecule is CCCn1c(=O)n(C)c(=O)c2c(SCc3nc(-c4ccccc4)no3)nc(C(C)C)nc21.